The van der Waals surface area contributed by atoms with Crippen LogP contribution in [0.4, 0.5) is 10.1 Å². The van der Waals surface area contributed by atoms with Crippen LogP contribution >= 0.6 is 0 Å². The topological polar surface area (TPSA) is 55.1 Å². The van der Waals surface area contributed by atoms with E-state index in [1.807, 2.05) is 0 Å². The molecule has 1 fully saturated rings. The zero-order chi connectivity index (χ0) is 16.2. The molecule has 0 aliphatic heterocycles. The van der Waals surface area contributed by atoms with E-state index in [9.17, 15) is 9.18 Å². The van der Waals surface area contributed by atoms with Crippen LogP contribution in [0.25, 0.3) is 0 Å². The summed E-state index contributed by atoms with van der Waals surface area (Å²) in [6, 6.07) is 13.3. The predicted octanol–water partition coefficient (Wildman–Crippen LogP) is 4.07. The molecule has 3 N–H and O–H groups in total. The lowest BCUT2D eigenvalue weighted by molar-refractivity contribution is 0.0922. The third-order valence-electron chi connectivity index (χ3n) is 4.54. The Bertz CT molecular complexity index is 678. The number of hydrogen-bond donors (Lipinski definition) is 2. The minimum atomic E-state index is -0.263. The number of amides is 1. The molecule has 1 unspecified atom stereocenters. The molecule has 1 aliphatic carbocycles. The zero-order valence-corrected chi connectivity index (χ0v) is 13.0. The molecule has 2 aromatic rings. The van der Waals surface area contributed by atoms with Crippen molar-refractivity contribution in [2.75, 3.05) is 5.73 Å². The number of rotatable bonds is 4. The van der Waals surface area contributed by atoms with Crippen molar-refractivity contribution in [3.8, 4) is 0 Å². The molecule has 0 bridgehead atoms. The summed E-state index contributed by atoms with van der Waals surface area (Å²) in [5, 5.41) is 3.12. The number of anilines is 1. The van der Waals surface area contributed by atoms with E-state index in [1.54, 1.807) is 36.4 Å². The van der Waals surface area contributed by atoms with Crippen LogP contribution in [0.2, 0.25) is 0 Å². The number of benzene rings is 2. The quantitative estimate of drug-likeness (QED) is 0.836. The van der Waals surface area contributed by atoms with Gasteiger partial charge in [-0.25, -0.2) is 4.39 Å². The van der Waals surface area contributed by atoms with E-state index in [2.05, 4.69) is 5.32 Å². The Morgan fingerprint density at radius 2 is 1.83 bits per heavy atom. The second-order valence-electron chi connectivity index (χ2n) is 6.17. The molecule has 0 radical (unpaired) electrons. The molecule has 0 saturated heterocycles. The van der Waals surface area contributed by atoms with Gasteiger partial charge in [-0.15, -0.1) is 0 Å². The average molecular weight is 312 g/mol. The second-order valence-corrected chi connectivity index (χ2v) is 6.17. The number of nitrogens with one attached hydrogen (secondary N) is 1. The minimum Gasteiger partial charge on any atom is -0.399 e. The molecule has 2 aromatic carbocycles. The maximum Gasteiger partial charge on any atom is 0.251 e. The van der Waals surface area contributed by atoms with Gasteiger partial charge in [0.15, 0.2) is 0 Å². The summed E-state index contributed by atoms with van der Waals surface area (Å²) in [5.41, 5.74) is 7.83. The smallest absolute Gasteiger partial charge is 0.251 e. The molecule has 23 heavy (non-hydrogen) atoms. The van der Waals surface area contributed by atoms with Gasteiger partial charge in [0, 0.05) is 11.3 Å². The highest BCUT2D eigenvalue weighted by Gasteiger charge is 2.28. The lowest BCUT2D eigenvalue weighted by Gasteiger charge is -2.25. The normalized spacial score (nSPS) is 16.2. The summed E-state index contributed by atoms with van der Waals surface area (Å²) < 4.78 is 13.2. The third-order valence-corrected chi connectivity index (χ3v) is 4.54. The number of carbonyl (C=O) groups excluding carboxylic acids is 1. The standard InChI is InChI=1S/C19H21FN2O/c20-16-10-8-14(9-11-16)18(13-4-1-2-5-13)22-19(23)15-6-3-7-17(21)12-15/h3,6-13,18H,1-2,4-5,21H2,(H,22,23). The molecule has 4 heteroatoms. The molecule has 1 amide bonds. The van der Waals surface area contributed by atoms with Gasteiger partial charge < -0.3 is 11.1 Å². The van der Waals surface area contributed by atoms with Crippen LogP contribution in [0, 0.1) is 11.7 Å². The van der Waals surface area contributed by atoms with E-state index in [0.29, 0.717) is 17.2 Å². The molecular weight excluding hydrogens is 291 g/mol. The van der Waals surface area contributed by atoms with Crippen LogP contribution in [0.15, 0.2) is 48.5 Å². The summed E-state index contributed by atoms with van der Waals surface area (Å²) >= 11 is 0. The van der Waals surface area contributed by atoms with Crippen LogP contribution in [-0.4, -0.2) is 5.91 Å². The van der Waals surface area contributed by atoms with Crippen molar-refractivity contribution in [1.29, 1.82) is 0 Å². The second kappa shape index (κ2) is 6.82. The summed E-state index contributed by atoms with van der Waals surface area (Å²) in [7, 11) is 0. The van der Waals surface area contributed by atoms with E-state index < -0.39 is 0 Å². The SMILES string of the molecule is Nc1cccc(C(=O)NC(c2ccc(F)cc2)C2CCCC2)c1. The van der Waals surface area contributed by atoms with Crippen LogP contribution in [0.1, 0.15) is 47.6 Å². The van der Waals surface area contributed by atoms with Crippen LogP contribution in [0.5, 0.6) is 0 Å². The van der Waals surface area contributed by atoms with Gasteiger partial charge in [-0.05, 0) is 54.7 Å². The first-order valence-corrected chi connectivity index (χ1v) is 8.05. The van der Waals surface area contributed by atoms with E-state index >= 15 is 0 Å². The molecule has 3 rings (SSSR count). The molecular formula is C19H21FN2O. The average Bonchev–Trinajstić information content (AvgIpc) is 3.07. The van der Waals surface area contributed by atoms with Crippen molar-refractivity contribution in [3.63, 3.8) is 0 Å². The van der Waals surface area contributed by atoms with Gasteiger partial charge in [0.05, 0.1) is 6.04 Å². The number of nitrogens with two attached hydrogens (primary N) is 1. The lowest BCUT2D eigenvalue weighted by Crippen LogP contribution is -2.32. The minimum absolute atomic E-state index is 0.0907. The van der Waals surface area contributed by atoms with Crippen molar-refractivity contribution in [1.82, 2.24) is 5.32 Å². The Hall–Kier alpha value is -2.36. The van der Waals surface area contributed by atoms with Crippen molar-refractivity contribution in [2.24, 2.45) is 5.92 Å². The first kappa shape index (κ1) is 15.5. The molecule has 120 valence electrons. The Balaban J connectivity index is 1.83. The molecule has 0 aromatic heterocycles. The fraction of sp³-hybridized carbons (Fsp3) is 0.316. The van der Waals surface area contributed by atoms with E-state index in [1.165, 1.54) is 25.0 Å². The highest BCUT2D eigenvalue weighted by Crippen LogP contribution is 2.36. The van der Waals surface area contributed by atoms with Crippen LogP contribution in [0.3, 0.4) is 0 Å². The van der Waals surface area contributed by atoms with Gasteiger partial charge in [0.2, 0.25) is 0 Å². The Morgan fingerprint density at radius 1 is 1.13 bits per heavy atom. The zero-order valence-electron chi connectivity index (χ0n) is 13.0. The fourth-order valence-electron chi connectivity index (χ4n) is 3.34. The van der Waals surface area contributed by atoms with Crippen molar-refractivity contribution in [2.45, 2.75) is 31.7 Å². The van der Waals surface area contributed by atoms with E-state index in [0.717, 1.165) is 18.4 Å². The Labute approximate surface area is 135 Å². The van der Waals surface area contributed by atoms with Gasteiger partial charge in [0.25, 0.3) is 5.91 Å². The maximum absolute atomic E-state index is 13.2. The first-order valence-electron chi connectivity index (χ1n) is 8.05. The molecule has 0 spiro atoms. The van der Waals surface area contributed by atoms with Gasteiger partial charge in [-0.3, -0.25) is 4.79 Å². The molecule has 1 saturated carbocycles. The monoisotopic (exact) mass is 312 g/mol. The molecule has 3 nitrogen and oxygen atoms in total. The van der Waals surface area contributed by atoms with Crippen LogP contribution < -0.4 is 11.1 Å². The summed E-state index contributed by atoms with van der Waals surface area (Å²) in [4.78, 5) is 12.6. The molecule has 1 atom stereocenters. The fourth-order valence-corrected chi connectivity index (χ4v) is 3.34. The predicted molar refractivity (Wildman–Crippen MR) is 89.4 cm³/mol. The number of nitrogen functional groups attached to an aromatic ring is 1. The third kappa shape index (κ3) is 3.70. The van der Waals surface area contributed by atoms with Crippen molar-refractivity contribution < 1.29 is 9.18 Å². The van der Waals surface area contributed by atoms with Crippen molar-refractivity contribution >= 4 is 11.6 Å². The molecule has 1 aliphatic rings. The highest BCUT2D eigenvalue weighted by molar-refractivity contribution is 5.95. The summed E-state index contributed by atoms with van der Waals surface area (Å²) in [5.74, 6) is -0.00919. The number of carbonyl (C=O) groups is 1. The maximum atomic E-state index is 13.2. The summed E-state index contributed by atoms with van der Waals surface area (Å²) in [6.07, 6.45) is 4.52. The van der Waals surface area contributed by atoms with E-state index in [-0.39, 0.29) is 17.8 Å². The number of halogens is 1. The Morgan fingerprint density at radius 3 is 2.48 bits per heavy atom. The number of hydrogen-bond acceptors (Lipinski definition) is 2. The summed E-state index contributed by atoms with van der Waals surface area (Å²) in [6.45, 7) is 0. The Kier molecular flexibility index (Phi) is 4.60. The van der Waals surface area contributed by atoms with Crippen molar-refractivity contribution in [3.05, 3.63) is 65.5 Å². The van der Waals surface area contributed by atoms with E-state index in [4.69, 9.17) is 5.73 Å². The van der Waals surface area contributed by atoms with Gasteiger partial charge >= 0.3 is 0 Å². The van der Waals surface area contributed by atoms with Gasteiger partial charge in [0.1, 0.15) is 5.82 Å². The molecule has 0 heterocycles. The highest BCUT2D eigenvalue weighted by atomic mass is 19.1. The largest absolute Gasteiger partial charge is 0.399 e. The first-order chi connectivity index (χ1) is 11.1. The van der Waals surface area contributed by atoms with Gasteiger partial charge in [-0.1, -0.05) is 31.0 Å². The van der Waals surface area contributed by atoms with Crippen LogP contribution in [-0.2, 0) is 0 Å². The lowest BCUT2D eigenvalue weighted by atomic mass is 9.91. The van der Waals surface area contributed by atoms with Gasteiger partial charge in [-0.2, -0.15) is 0 Å².